The molecule has 5 nitrogen and oxygen atoms in total. The third kappa shape index (κ3) is 2.22. The minimum atomic E-state index is -0.111. The summed E-state index contributed by atoms with van der Waals surface area (Å²) in [6.07, 6.45) is 0. The minimum absolute atomic E-state index is 0.111. The van der Waals surface area contributed by atoms with Crippen molar-refractivity contribution in [3.63, 3.8) is 0 Å². The van der Waals surface area contributed by atoms with Crippen LogP contribution in [0.2, 0.25) is 0 Å². The highest BCUT2D eigenvalue weighted by Crippen LogP contribution is 2.25. The molecule has 1 N–H and O–H groups in total. The molecule has 0 aliphatic carbocycles. The number of aromatic nitrogens is 3. The van der Waals surface area contributed by atoms with Crippen LogP contribution in [0.4, 0.5) is 11.5 Å². The van der Waals surface area contributed by atoms with Crippen LogP contribution < -0.4 is 10.9 Å². The second kappa shape index (κ2) is 5.67. The maximum Gasteiger partial charge on any atom is 0.267 e. The first-order valence-corrected chi connectivity index (χ1v) is 8.33. The van der Waals surface area contributed by atoms with E-state index in [9.17, 15) is 4.79 Å². The summed E-state index contributed by atoms with van der Waals surface area (Å²) in [5.74, 6) is 1.06. The van der Waals surface area contributed by atoms with Crippen molar-refractivity contribution in [2.24, 2.45) is 0 Å². The molecule has 2 aromatic heterocycles. The lowest BCUT2D eigenvalue weighted by molar-refractivity contribution is 1.07. The van der Waals surface area contributed by atoms with Crippen LogP contribution in [0.3, 0.4) is 0 Å². The Morgan fingerprint density at radius 1 is 0.731 bits per heavy atom. The Morgan fingerprint density at radius 3 is 2.27 bits per heavy atom. The molecule has 0 bridgehead atoms. The normalized spacial score (nSPS) is 11.2. The summed E-state index contributed by atoms with van der Waals surface area (Å²) in [5.41, 5.74) is 2.24. The van der Waals surface area contributed by atoms with Gasteiger partial charge < -0.3 is 5.32 Å². The molecule has 3 aromatic carbocycles. The molecule has 0 aliphatic rings. The number of hydrogen-bond donors (Lipinski definition) is 1. The molecule has 0 fully saturated rings. The highest BCUT2D eigenvalue weighted by Gasteiger charge is 2.13. The SMILES string of the molecule is O=c1c2ccccc2nc2nc(Nc3ccccc3)c3ccccc3n12. The second-order valence-electron chi connectivity index (χ2n) is 6.04. The summed E-state index contributed by atoms with van der Waals surface area (Å²) < 4.78 is 1.58. The first kappa shape index (κ1) is 14.6. The maximum absolute atomic E-state index is 13.0. The average molecular weight is 338 g/mol. The summed E-state index contributed by atoms with van der Waals surface area (Å²) in [7, 11) is 0. The molecular formula is C21H14N4O. The smallest absolute Gasteiger partial charge is 0.267 e. The molecule has 5 aromatic rings. The van der Waals surface area contributed by atoms with Crippen molar-refractivity contribution in [2.75, 3.05) is 5.32 Å². The zero-order valence-electron chi connectivity index (χ0n) is 13.8. The van der Waals surface area contributed by atoms with Gasteiger partial charge in [0.25, 0.3) is 5.56 Å². The highest BCUT2D eigenvalue weighted by molar-refractivity contribution is 5.93. The van der Waals surface area contributed by atoms with E-state index in [1.54, 1.807) is 10.5 Å². The first-order chi connectivity index (χ1) is 12.8. The average Bonchev–Trinajstić information content (AvgIpc) is 2.69. The standard InChI is InChI=1S/C21H14N4O/c26-20-15-10-4-6-12-17(15)23-21-24-19(22-14-8-2-1-3-9-14)16-11-5-7-13-18(16)25(20)21/h1-13H,(H,22,23,24). The lowest BCUT2D eigenvalue weighted by atomic mass is 10.2. The van der Waals surface area contributed by atoms with Crippen LogP contribution in [-0.4, -0.2) is 14.4 Å². The van der Waals surface area contributed by atoms with Crippen molar-refractivity contribution >= 4 is 39.1 Å². The topological polar surface area (TPSA) is 59.3 Å². The molecule has 5 rings (SSSR count). The van der Waals surface area contributed by atoms with Gasteiger partial charge in [-0.3, -0.25) is 4.79 Å². The maximum atomic E-state index is 13.0. The molecule has 5 heteroatoms. The number of benzene rings is 3. The zero-order chi connectivity index (χ0) is 17.5. The predicted octanol–water partition coefficient (Wildman–Crippen LogP) is 4.14. The van der Waals surface area contributed by atoms with E-state index in [0.29, 0.717) is 22.5 Å². The highest BCUT2D eigenvalue weighted by atomic mass is 16.1. The van der Waals surface area contributed by atoms with Gasteiger partial charge >= 0.3 is 0 Å². The van der Waals surface area contributed by atoms with Crippen LogP contribution in [-0.2, 0) is 0 Å². The van der Waals surface area contributed by atoms with Gasteiger partial charge in [0, 0.05) is 11.1 Å². The van der Waals surface area contributed by atoms with Gasteiger partial charge in [0.05, 0.1) is 16.4 Å². The Labute approximate surface area is 148 Å². The molecular weight excluding hydrogens is 324 g/mol. The van der Waals surface area contributed by atoms with Crippen molar-refractivity contribution in [1.82, 2.24) is 14.4 Å². The lowest BCUT2D eigenvalue weighted by Crippen LogP contribution is -2.17. The summed E-state index contributed by atoms with van der Waals surface area (Å²) in [5, 5.41) is 4.79. The van der Waals surface area contributed by atoms with Crippen molar-refractivity contribution in [3.8, 4) is 0 Å². The van der Waals surface area contributed by atoms with E-state index in [4.69, 9.17) is 0 Å². The fourth-order valence-electron chi connectivity index (χ4n) is 3.20. The molecule has 0 spiro atoms. The predicted molar refractivity (Wildman–Crippen MR) is 104 cm³/mol. The Bertz CT molecular complexity index is 1330. The van der Waals surface area contributed by atoms with Crippen LogP contribution in [0.25, 0.3) is 27.6 Å². The summed E-state index contributed by atoms with van der Waals surface area (Å²) in [6, 6.07) is 24.9. The fourth-order valence-corrected chi connectivity index (χ4v) is 3.20. The Morgan fingerprint density at radius 2 is 1.42 bits per heavy atom. The van der Waals surface area contributed by atoms with Gasteiger partial charge in [-0.2, -0.15) is 4.98 Å². The van der Waals surface area contributed by atoms with Gasteiger partial charge in [0.15, 0.2) is 0 Å². The number of nitrogens with zero attached hydrogens (tertiary/aromatic N) is 3. The van der Waals surface area contributed by atoms with Crippen molar-refractivity contribution in [1.29, 1.82) is 0 Å². The monoisotopic (exact) mass is 338 g/mol. The largest absolute Gasteiger partial charge is 0.340 e. The van der Waals surface area contributed by atoms with Gasteiger partial charge in [0.2, 0.25) is 5.78 Å². The summed E-state index contributed by atoms with van der Waals surface area (Å²) in [6.45, 7) is 0. The van der Waals surface area contributed by atoms with E-state index >= 15 is 0 Å². The number of rotatable bonds is 2. The van der Waals surface area contributed by atoms with Gasteiger partial charge in [-0.1, -0.05) is 42.5 Å². The molecule has 0 radical (unpaired) electrons. The third-order valence-electron chi connectivity index (χ3n) is 4.41. The van der Waals surface area contributed by atoms with Gasteiger partial charge in [-0.15, -0.1) is 0 Å². The number of nitrogens with one attached hydrogen (secondary N) is 1. The van der Waals surface area contributed by atoms with Gasteiger partial charge in [-0.25, -0.2) is 9.38 Å². The minimum Gasteiger partial charge on any atom is -0.340 e. The molecule has 0 saturated heterocycles. The zero-order valence-corrected chi connectivity index (χ0v) is 13.8. The molecule has 0 amide bonds. The number of anilines is 2. The van der Waals surface area contributed by atoms with Gasteiger partial charge in [-0.05, 0) is 36.4 Å². The molecule has 0 aliphatic heterocycles. The van der Waals surface area contributed by atoms with Crippen molar-refractivity contribution < 1.29 is 0 Å². The van der Waals surface area contributed by atoms with Crippen LogP contribution in [0.15, 0.2) is 83.7 Å². The molecule has 2 heterocycles. The van der Waals surface area contributed by atoms with E-state index in [2.05, 4.69) is 15.3 Å². The number of hydrogen-bond acceptors (Lipinski definition) is 4. The molecule has 124 valence electrons. The van der Waals surface area contributed by atoms with Crippen LogP contribution in [0.1, 0.15) is 0 Å². The third-order valence-corrected chi connectivity index (χ3v) is 4.41. The first-order valence-electron chi connectivity index (χ1n) is 8.33. The molecule has 0 saturated carbocycles. The second-order valence-corrected chi connectivity index (χ2v) is 6.04. The Balaban J connectivity index is 1.89. The van der Waals surface area contributed by atoms with E-state index in [1.807, 2.05) is 72.8 Å². The number of para-hydroxylation sites is 3. The summed E-state index contributed by atoms with van der Waals surface area (Å²) >= 11 is 0. The van der Waals surface area contributed by atoms with Crippen molar-refractivity contribution in [3.05, 3.63) is 89.2 Å². The Hall–Kier alpha value is -3.73. The van der Waals surface area contributed by atoms with Crippen LogP contribution in [0.5, 0.6) is 0 Å². The Kier molecular flexibility index (Phi) is 3.18. The molecule has 0 unspecified atom stereocenters. The van der Waals surface area contributed by atoms with E-state index in [1.165, 1.54) is 0 Å². The van der Waals surface area contributed by atoms with Gasteiger partial charge in [0.1, 0.15) is 5.82 Å². The van der Waals surface area contributed by atoms with Crippen LogP contribution >= 0.6 is 0 Å². The van der Waals surface area contributed by atoms with E-state index in [-0.39, 0.29) is 5.56 Å². The lowest BCUT2D eigenvalue weighted by Gasteiger charge is -2.12. The van der Waals surface area contributed by atoms with E-state index < -0.39 is 0 Å². The number of fused-ring (bicyclic) bond motifs is 4. The molecule has 0 atom stereocenters. The summed E-state index contributed by atoms with van der Waals surface area (Å²) in [4.78, 5) is 22.3. The fraction of sp³-hybridized carbons (Fsp3) is 0. The quantitative estimate of drug-likeness (QED) is 0.388. The van der Waals surface area contributed by atoms with Crippen LogP contribution in [0, 0.1) is 0 Å². The van der Waals surface area contributed by atoms with E-state index in [0.717, 1.165) is 16.6 Å². The molecule has 26 heavy (non-hydrogen) atoms. The van der Waals surface area contributed by atoms with Crippen molar-refractivity contribution in [2.45, 2.75) is 0 Å².